The van der Waals surface area contributed by atoms with E-state index in [9.17, 15) is 0 Å². The summed E-state index contributed by atoms with van der Waals surface area (Å²) in [7, 11) is 2.11. The van der Waals surface area contributed by atoms with Crippen molar-refractivity contribution in [3.63, 3.8) is 0 Å². The topological polar surface area (TPSA) is 29.5 Å². The number of anilines is 1. The van der Waals surface area contributed by atoms with Crippen LogP contribution >= 0.6 is 23.1 Å². The number of hydrogen-bond donors (Lipinski definition) is 0. The minimum absolute atomic E-state index is 0.673. The van der Waals surface area contributed by atoms with Gasteiger partial charge in [-0.1, -0.05) is 23.9 Å². The number of aryl methyl sites for hydroxylation is 1. The van der Waals surface area contributed by atoms with Gasteiger partial charge in [0.1, 0.15) is 11.4 Å². The Kier molecular flexibility index (Phi) is 4.25. The van der Waals surface area contributed by atoms with Gasteiger partial charge in [-0.25, -0.2) is 0 Å². The zero-order valence-electron chi connectivity index (χ0n) is 16.0. The maximum atomic E-state index is 5.65. The second-order valence-corrected chi connectivity index (χ2v) is 8.79. The van der Waals surface area contributed by atoms with Crippen LogP contribution < -0.4 is 14.0 Å². The van der Waals surface area contributed by atoms with E-state index in [-0.39, 0.29) is 0 Å². The molecule has 140 valence electrons. The summed E-state index contributed by atoms with van der Waals surface area (Å²) in [5, 5.41) is 1.19. The Morgan fingerprint density at radius 3 is 2.86 bits per heavy atom. The van der Waals surface area contributed by atoms with Gasteiger partial charge in [-0.05, 0) is 54.4 Å². The number of aromatic nitrogens is 2. The predicted octanol–water partition coefficient (Wildman–Crippen LogP) is 5.28. The molecule has 2 aromatic carbocycles. The molecule has 4 nitrogen and oxygen atoms in total. The van der Waals surface area contributed by atoms with Gasteiger partial charge in [-0.15, -0.1) is 0 Å². The largest absolute Gasteiger partial charge is 0.494 e. The minimum Gasteiger partial charge on any atom is -0.494 e. The van der Waals surface area contributed by atoms with Crippen LogP contribution in [-0.2, 0) is 0 Å². The highest BCUT2D eigenvalue weighted by atomic mass is 32.2. The number of para-hydroxylation sites is 1. The predicted molar refractivity (Wildman–Crippen MR) is 117 cm³/mol. The number of fused-ring (bicyclic) bond motifs is 4. The van der Waals surface area contributed by atoms with Crippen molar-refractivity contribution in [2.75, 3.05) is 18.6 Å². The van der Waals surface area contributed by atoms with Gasteiger partial charge in [0.25, 0.3) is 0 Å². The van der Waals surface area contributed by atoms with Crippen molar-refractivity contribution in [2.24, 2.45) is 0 Å². The van der Waals surface area contributed by atoms with Gasteiger partial charge in [-0.3, -0.25) is 0 Å². The molecular weight excluding hydrogens is 386 g/mol. The highest BCUT2D eigenvalue weighted by molar-refractivity contribution is 8.03. The lowest BCUT2D eigenvalue weighted by Crippen LogP contribution is -2.25. The second-order valence-electron chi connectivity index (χ2n) is 6.72. The molecule has 1 aliphatic rings. The average molecular weight is 407 g/mol. The Balaban J connectivity index is 1.59. The zero-order chi connectivity index (χ0) is 19.3. The minimum atomic E-state index is 0.673. The van der Waals surface area contributed by atoms with Crippen molar-refractivity contribution in [1.82, 2.24) is 4.98 Å². The number of thioether (sulfide) groups is 1. The number of benzene rings is 2. The summed E-state index contributed by atoms with van der Waals surface area (Å²) in [4.78, 5) is 9.45. The first kappa shape index (κ1) is 17.5. The van der Waals surface area contributed by atoms with Gasteiger partial charge in [0.05, 0.1) is 22.0 Å². The van der Waals surface area contributed by atoms with Crippen molar-refractivity contribution in [3.05, 3.63) is 64.9 Å². The monoisotopic (exact) mass is 406 g/mol. The van der Waals surface area contributed by atoms with Crippen LogP contribution in [0.15, 0.2) is 58.5 Å². The number of thiazole rings is 1. The van der Waals surface area contributed by atoms with E-state index in [0.29, 0.717) is 6.61 Å². The van der Waals surface area contributed by atoms with Gasteiger partial charge in [0, 0.05) is 30.2 Å². The summed E-state index contributed by atoms with van der Waals surface area (Å²) in [5.74, 6) is 0.906. The molecule has 0 saturated carbocycles. The van der Waals surface area contributed by atoms with Crippen molar-refractivity contribution in [2.45, 2.75) is 18.7 Å². The lowest BCUT2D eigenvalue weighted by atomic mass is 10.3. The molecular formula is C22H20N3OS2+. The highest BCUT2D eigenvalue weighted by Gasteiger charge is 2.23. The average Bonchev–Trinajstić information content (AvgIpc) is 3.20. The van der Waals surface area contributed by atoms with E-state index in [4.69, 9.17) is 9.72 Å². The summed E-state index contributed by atoms with van der Waals surface area (Å²) in [6.07, 6.45) is 2.17. The molecule has 0 bridgehead atoms. The van der Waals surface area contributed by atoms with Gasteiger partial charge in [-0.2, -0.15) is 4.40 Å². The van der Waals surface area contributed by atoms with Gasteiger partial charge < -0.3 is 9.64 Å². The van der Waals surface area contributed by atoms with Crippen LogP contribution in [-0.4, -0.2) is 18.6 Å². The van der Waals surface area contributed by atoms with Crippen LogP contribution in [0.1, 0.15) is 18.3 Å². The summed E-state index contributed by atoms with van der Waals surface area (Å²) in [5.41, 5.74) is 4.58. The van der Waals surface area contributed by atoms with Crippen molar-refractivity contribution < 1.29 is 9.14 Å². The first-order chi connectivity index (χ1) is 13.6. The molecule has 0 unspecified atom stereocenters. The zero-order valence-corrected chi connectivity index (χ0v) is 17.6. The van der Waals surface area contributed by atoms with Crippen LogP contribution in [0.2, 0.25) is 0 Å². The van der Waals surface area contributed by atoms with E-state index in [1.165, 1.54) is 31.5 Å². The Morgan fingerprint density at radius 2 is 2.04 bits per heavy atom. The molecule has 3 heterocycles. The third kappa shape index (κ3) is 2.84. The lowest BCUT2D eigenvalue weighted by molar-refractivity contribution is -0.488. The third-order valence-corrected chi connectivity index (χ3v) is 7.02. The highest BCUT2D eigenvalue weighted by Crippen LogP contribution is 2.45. The molecule has 4 aromatic rings. The first-order valence-electron chi connectivity index (χ1n) is 9.25. The Morgan fingerprint density at radius 1 is 1.18 bits per heavy atom. The molecule has 0 saturated heterocycles. The Labute approximate surface area is 172 Å². The summed E-state index contributed by atoms with van der Waals surface area (Å²) >= 11 is 3.49. The standard InChI is InChI=1S/C22H20N3OS2/c1-4-26-16-9-10-18-20(13-16)28-22-23-15(11-14(2)25(18)22)12-21-24(3)17-7-5-6-8-19(17)27-21/h5-13H,4H2,1-3H3/q+1. The summed E-state index contributed by atoms with van der Waals surface area (Å²) in [6.45, 7) is 4.82. The summed E-state index contributed by atoms with van der Waals surface area (Å²) < 4.78 is 9.06. The second kappa shape index (κ2) is 6.79. The molecule has 0 atom stereocenters. The Hall–Kier alpha value is -2.57. The molecule has 0 spiro atoms. The van der Waals surface area contributed by atoms with E-state index < -0.39 is 0 Å². The maximum Gasteiger partial charge on any atom is 0.388 e. The number of ether oxygens (including phenoxy) is 1. The van der Waals surface area contributed by atoms with Crippen molar-refractivity contribution in [3.8, 4) is 5.75 Å². The number of hydrogen-bond acceptors (Lipinski definition) is 5. The molecule has 0 amide bonds. The molecule has 2 aromatic heterocycles. The first-order valence-corrected chi connectivity index (χ1v) is 10.9. The Bertz CT molecular complexity index is 1250. The van der Waals surface area contributed by atoms with E-state index in [2.05, 4.69) is 71.8 Å². The van der Waals surface area contributed by atoms with E-state index >= 15 is 0 Å². The van der Waals surface area contributed by atoms with Crippen molar-refractivity contribution in [1.29, 1.82) is 0 Å². The number of rotatable bonds is 3. The smallest absolute Gasteiger partial charge is 0.388 e. The van der Waals surface area contributed by atoms with E-state index in [0.717, 1.165) is 16.4 Å². The molecule has 0 aliphatic carbocycles. The molecule has 0 N–H and O–H groups in total. The normalized spacial score (nSPS) is 15.0. The fourth-order valence-corrected chi connectivity index (χ4v) is 5.76. The van der Waals surface area contributed by atoms with Gasteiger partial charge >= 0.3 is 4.96 Å². The van der Waals surface area contributed by atoms with Crippen LogP contribution in [0.5, 0.6) is 5.75 Å². The van der Waals surface area contributed by atoms with E-state index in [1.807, 2.05) is 13.0 Å². The molecule has 28 heavy (non-hydrogen) atoms. The molecule has 0 fully saturated rings. The van der Waals surface area contributed by atoms with Crippen LogP contribution in [0.3, 0.4) is 0 Å². The van der Waals surface area contributed by atoms with Gasteiger partial charge in [0.15, 0.2) is 11.2 Å². The number of nitrogens with zero attached hydrogens (tertiary/aromatic N) is 3. The van der Waals surface area contributed by atoms with Crippen LogP contribution in [0.4, 0.5) is 5.69 Å². The fraction of sp³-hybridized carbons (Fsp3) is 0.182. The quantitative estimate of drug-likeness (QED) is 0.433. The SMILES string of the molecule is CCOc1ccc2c(c1)sc1nc(/C=C3/Sc4ccccc4N3C)cc(C)[n+]12. The van der Waals surface area contributed by atoms with Crippen LogP contribution in [0, 0.1) is 6.92 Å². The molecule has 1 aliphatic heterocycles. The molecule has 6 heteroatoms. The molecule has 5 rings (SSSR count). The van der Waals surface area contributed by atoms with Gasteiger partial charge in [0.2, 0.25) is 0 Å². The summed E-state index contributed by atoms with van der Waals surface area (Å²) in [6, 6.07) is 16.9. The third-order valence-electron chi connectivity index (χ3n) is 4.85. The van der Waals surface area contributed by atoms with Crippen LogP contribution in [0.25, 0.3) is 21.3 Å². The lowest BCUT2D eigenvalue weighted by Gasteiger charge is -2.12. The fourth-order valence-electron chi connectivity index (χ4n) is 3.55. The van der Waals surface area contributed by atoms with E-state index in [1.54, 1.807) is 23.1 Å². The van der Waals surface area contributed by atoms with Crippen molar-refractivity contribution >= 4 is 50.0 Å². The maximum absolute atomic E-state index is 5.65. The molecule has 0 radical (unpaired) electrons.